The minimum absolute atomic E-state index is 0.0941. The molecule has 2 aromatic rings. The van der Waals surface area contributed by atoms with E-state index in [0.29, 0.717) is 28.8 Å². The Morgan fingerprint density at radius 2 is 2.03 bits per heavy atom. The molecule has 2 amide bonds. The van der Waals surface area contributed by atoms with Crippen molar-refractivity contribution in [1.29, 1.82) is 0 Å². The Balaban J connectivity index is 1.80. The summed E-state index contributed by atoms with van der Waals surface area (Å²) in [6.45, 7) is 4.02. The van der Waals surface area contributed by atoms with Gasteiger partial charge in [0.1, 0.15) is 16.7 Å². The molecule has 2 N–H and O–H groups in total. The maximum atomic E-state index is 12.9. The van der Waals surface area contributed by atoms with Crippen LogP contribution < -0.4 is 20.1 Å². The zero-order chi connectivity index (χ0) is 22.6. The maximum absolute atomic E-state index is 12.9. The molecule has 2 unspecified atom stereocenters. The number of carbonyl (C=O) groups is 1. The van der Waals surface area contributed by atoms with Crippen LogP contribution in [0, 0.1) is 5.41 Å². The highest BCUT2D eigenvalue weighted by molar-refractivity contribution is 6.32. The number of nitrogens with zero attached hydrogens (tertiary/aromatic N) is 2. The second-order valence-corrected chi connectivity index (χ2v) is 8.20. The first-order chi connectivity index (χ1) is 14.8. The van der Waals surface area contributed by atoms with Crippen LogP contribution in [0.15, 0.2) is 48.2 Å². The van der Waals surface area contributed by atoms with Gasteiger partial charge >= 0.3 is 6.03 Å². The average Bonchev–Trinajstić information content (AvgIpc) is 2.73. The van der Waals surface area contributed by atoms with Gasteiger partial charge < -0.3 is 20.1 Å². The van der Waals surface area contributed by atoms with Gasteiger partial charge in [0.15, 0.2) is 0 Å². The summed E-state index contributed by atoms with van der Waals surface area (Å²) in [4.78, 5) is 20.9. The molecular weight excluding hydrogens is 439 g/mol. The van der Waals surface area contributed by atoms with E-state index in [-0.39, 0.29) is 17.4 Å². The molecule has 0 fully saturated rings. The minimum Gasteiger partial charge on any atom is -0.497 e. The summed E-state index contributed by atoms with van der Waals surface area (Å²) in [7, 11) is 3.10. The van der Waals surface area contributed by atoms with Gasteiger partial charge in [-0.2, -0.15) is 0 Å². The number of nitrogens with one attached hydrogen (secondary N) is 2. The second kappa shape index (κ2) is 9.58. The van der Waals surface area contributed by atoms with Gasteiger partial charge in [0.25, 0.3) is 0 Å². The van der Waals surface area contributed by atoms with E-state index in [0.717, 1.165) is 11.1 Å². The Morgan fingerprint density at radius 1 is 1.26 bits per heavy atom. The monoisotopic (exact) mass is 462 g/mol. The number of aromatic nitrogens is 2. The fourth-order valence-electron chi connectivity index (χ4n) is 3.66. The van der Waals surface area contributed by atoms with E-state index < -0.39 is 5.41 Å². The Morgan fingerprint density at radius 3 is 2.71 bits per heavy atom. The molecular formula is C22H24Cl2N4O3. The van der Waals surface area contributed by atoms with Gasteiger partial charge in [-0.15, -0.1) is 0 Å². The molecule has 1 aromatic carbocycles. The maximum Gasteiger partial charge on any atom is 0.319 e. The molecule has 3 rings (SSSR count). The first-order valence-corrected chi connectivity index (χ1v) is 10.3. The molecule has 0 bridgehead atoms. The number of amides is 2. The molecule has 0 saturated heterocycles. The van der Waals surface area contributed by atoms with Crippen molar-refractivity contribution in [1.82, 2.24) is 15.3 Å². The van der Waals surface area contributed by atoms with Gasteiger partial charge in [0.2, 0.25) is 5.28 Å². The number of hydrogen-bond donors (Lipinski definition) is 2. The first kappa shape index (κ1) is 22.9. The minimum atomic E-state index is -0.457. The van der Waals surface area contributed by atoms with Crippen molar-refractivity contribution in [2.24, 2.45) is 5.41 Å². The van der Waals surface area contributed by atoms with Crippen LogP contribution in [0.2, 0.25) is 10.4 Å². The Hall–Kier alpha value is -2.77. The predicted octanol–water partition coefficient (Wildman–Crippen LogP) is 5.06. The molecule has 7 nitrogen and oxygen atoms in total. The summed E-state index contributed by atoms with van der Waals surface area (Å²) >= 11 is 12.1. The van der Waals surface area contributed by atoms with E-state index in [1.165, 1.54) is 7.11 Å². The SMILES string of the molecule is COc1ccc(NC(=O)NC2C(C)=CC=CC2(C)Cc2cnc(Cl)nc2Cl)c(OC)c1. The van der Waals surface area contributed by atoms with Gasteiger partial charge in [0.05, 0.1) is 25.9 Å². The smallest absolute Gasteiger partial charge is 0.319 e. The normalized spacial score (nSPS) is 20.1. The molecule has 0 radical (unpaired) electrons. The molecule has 0 spiro atoms. The number of carbonyl (C=O) groups excluding carboxylic acids is 1. The van der Waals surface area contributed by atoms with Crippen molar-refractivity contribution < 1.29 is 14.3 Å². The number of allylic oxidation sites excluding steroid dienone is 2. The van der Waals surface area contributed by atoms with Gasteiger partial charge in [-0.1, -0.05) is 42.3 Å². The van der Waals surface area contributed by atoms with Crippen molar-refractivity contribution in [3.8, 4) is 11.5 Å². The van der Waals surface area contributed by atoms with E-state index in [1.807, 2.05) is 32.1 Å². The second-order valence-electron chi connectivity index (χ2n) is 7.51. The van der Waals surface area contributed by atoms with E-state index in [2.05, 4.69) is 20.6 Å². The van der Waals surface area contributed by atoms with Gasteiger partial charge in [-0.3, -0.25) is 0 Å². The zero-order valence-electron chi connectivity index (χ0n) is 17.7. The molecule has 164 valence electrons. The molecule has 1 aliphatic carbocycles. The Labute approximate surface area is 191 Å². The Bertz CT molecular complexity index is 1040. The highest BCUT2D eigenvalue weighted by atomic mass is 35.5. The molecule has 2 atom stereocenters. The number of halogens is 2. The molecule has 1 aliphatic rings. The third-order valence-electron chi connectivity index (χ3n) is 5.24. The number of urea groups is 1. The lowest BCUT2D eigenvalue weighted by Crippen LogP contribution is -2.49. The van der Waals surface area contributed by atoms with E-state index in [4.69, 9.17) is 32.7 Å². The van der Waals surface area contributed by atoms with Crippen LogP contribution in [0.25, 0.3) is 0 Å². The summed E-state index contributed by atoms with van der Waals surface area (Å²) in [5, 5.41) is 6.32. The molecule has 0 aliphatic heterocycles. The summed E-state index contributed by atoms with van der Waals surface area (Å²) in [6, 6.07) is 4.54. The number of methoxy groups -OCH3 is 2. The van der Waals surface area contributed by atoms with Crippen LogP contribution in [-0.4, -0.2) is 36.3 Å². The van der Waals surface area contributed by atoms with Crippen LogP contribution in [0.4, 0.5) is 10.5 Å². The Kier molecular flexibility index (Phi) is 7.08. The van der Waals surface area contributed by atoms with Crippen LogP contribution in [0.5, 0.6) is 11.5 Å². The van der Waals surface area contributed by atoms with Gasteiger partial charge in [-0.25, -0.2) is 14.8 Å². The van der Waals surface area contributed by atoms with Crippen molar-refractivity contribution in [3.05, 3.63) is 64.2 Å². The average molecular weight is 463 g/mol. The van der Waals surface area contributed by atoms with E-state index in [9.17, 15) is 4.79 Å². The number of ether oxygens (including phenoxy) is 2. The quantitative estimate of drug-likeness (QED) is 0.462. The summed E-state index contributed by atoms with van der Waals surface area (Å²) < 4.78 is 10.6. The van der Waals surface area contributed by atoms with Crippen molar-refractivity contribution >= 4 is 34.9 Å². The zero-order valence-corrected chi connectivity index (χ0v) is 19.2. The van der Waals surface area contributed by atoms with Crippen LogP contribution in [0.3, 0.4) is 0 Å². The van der Waals surface area contributed by atoms with E-state index >= 15 is 0 Å². The lowest BCUT2D eigenvalue weighted by Gasteiger charge is -2.38. The van der Waals surface area contributed by atoms with Crippen LogP contribution in [0.1, 0.15) is 19.4 Å². The molecule has 0 saturated carbocycles. The largest absolute Gasteiger partial charge is 0.497 e. The standard InChI is InChI=1S/C22H24Cl2N4O3/c1-13-6-5-9-22(2,11-14-12-25-20(24)28-19(14)23)18(13)27-21(29)26-16-8-7-15(30-3)10-17(16)31-4/h5-10,12,18H,11H2,1-4H3,(H2,26,27,29). The molecule has 9 heteroatoms. The van der Waals surface area contributed by atoms with Crippen LogP contribution >= 0.6 is 23.2 Å². The van der Waals surface area contributed by atoms with Crippen molar-refractivity contribution in [2.45, 2.75) is 26.3 Å². The van der Waals surface area contributed by atoms with Crippen LogP contribution in [-0.2, 0) is 6.42 Å². The van der Waals surface area contributed by atoms with Crippen molar-refractivity contribution in [2.75, 3.05) is 19.5 Å². The molecule has 1 heterocycles. The highest BCUT2D eigenvalue weighted by Gasteiger charge is 2.36. The molecule has 31 heavy (non-hydrogen) atoms. The van der Waals surface area contributed by atoms with Gasteiger partial charge in [-0.05, 0) is 37.1 Å². The lowest BCUT2D eigenvalue weighted by atomic mass is 9.72. The summed E-state index contributed by atoms with van der Waals surface area (Å²) in [5.74, 6) is 1.13. The fraction of sp³-hybridized carbons (Fsp3) is 0.318. The number of anilines is 1. The molecule has 1 aromatic heterocycles. The summed E-state index contributed by atoms with van der Waals surface area (Å²) in [5.41, 5.74) is 1.83. The topological polar surface area (TPSA) is 85.4 Å². The third kappa shape index (κ3) is 5.29. The van der Waals surface area contributed by atoms with Gasteiger partial charge in [0, 0.05) is 23.2 Å². The fourth-order valence-corrected chi connectivity index (χ4v) is 4.03. The highest BCUT2D eigenvalue weighted by Crippen LogP contribution is 2.37. The summed E-state index contributed by atoms with van der Waals surface area (Å²) in [6.07, 6.45) is 8.12. The number of benzene rings is 1. The third-order valence-corrected chi connectivity index (χ3v) is 5.75. The number of rotatable bonds is 6. The first-order valence-electron chi connectivity index (χ1n) is 9.58. The van der Waals surface area contributed by atoms with E-state index in [1.54, 1.807) is 31.5 Å². The predicted molar refractivity (Wildman–Crippen MR) is 122 cm³/mol. The number of hydrogen-bond acceptors (Lipinski definition) is 5. The lowest BCUT2D eigenvalue weighted by molar-refractivity contribution is 0.237. The van der Waals surface area contributed by atoms with Crippen molar-refractivity contribution in [3.63, 3.8) is 0 Å².